The smallest absolute Gasteiger partial charge is 0.145 e. The number of aromatic amines is 1. The minimum absolute atomic E-state index is 0.630. The van der Waals surface area contributed by atoms with E-state index in [1.807, 2.05) is 66.3 Å². The summed E-state index contributed by atoms with van der Waals surface area (Å²) in [5.74, 6) is 1.46. The number of benzene rings is 2. The normalized spacial score (nSPS) is 11.3. The van der Waals surface area contributed by atoms with Crippen molar-refractivity contribution in [3.63, 3.8) is 0 Å². The molecule has 0 amide bonds. The van der Waals surface area contributed by atoms with Gasteiger partial charge < -0.3 is 14.9 Å². The molecule has 0 aliphatic heterocycles. The quantitative estimate of drug-likeness (QED) is 0.470. The van der Waals surface area contributed by atoms with E-state index in [1.54, 1.807) is 6.33 Å². The third-order valence-electron chi connectivity index (χ3n) is 4.52. The van der Waals surface area contributed by atoms with Gasteiger partial charge >= 0.3 is 0 Å². The second-order valence-electron chi connectivity index (χ2n) is 6.28. The Hall–Kier alpha value is -3.38. The first-order valence-electron chi connectivity index (χ1n) is 8.47. The van der Waals surface area contributed by atoms with E-state index in [-0.39, 0.29) is 0 Å². The molecule has 0 saturated heterocycles. The summed E-state index contributed by atoms with van der Waals surface area (Å²) in [6.07, 6.45) is 3.55. The molecule has 0 atom stereocenters. The van der Waals surface area contributed by atoms with E-state index >= 15 is 0 Å². The second kappa shape index (κ2) is 6.10. The highest BCUT2D eigenvalue weighted by atomic mass is 35.5. The highest BCUT2D eigenvalue weighted by molar-refractivity contribution is 6.33. The molecule has 3 aromatic heterocycles. The number of hydrogen-bond donors (Lipinski definition) is 2. The molecule has 27 heavy (non-hydrogen) atoms. The van der Waals surface area contributed by atoms with Crippen LogP contribution < -0.4 is 5.32 Å². The molecule has 0 bridgehead atoms. The Bertz CT molecular complexity index is 1250. The van der Waals surface area contributed by atoms with Gasteiger partial charge in [-0.3, -0.25) is 0 Å². The lowest BCUT2D eigenvalue weighted by molar-refractivity contribution is 0.944. The summed E-state index contributed by atoms with van der Waals surface area (Å²) in [5.41, 5.74) is 4.44. The first-order chi connectivity index (χ1) is 13.2. The zero-order valence-corrected chi connectivity index (χ0v) is 15.2. The predicted octanol–water partition coefficient (Wildman–Crippen LogP) is 4.91. The lowest BCUT2D eigenvalue weighted by Gasteiger charge is -2.09. The van der Waals surface area contributed by atoms with Gasteiger partial charge in [-0.1, -0.05) is 35.9 Å². The number of aromatic nitrogens is 5. The molecular formula is C20H15ClN6. The maximum atomic E-state index is 6.31. The summed E-state index contributed by atoms with van der Waals surface area (Å²) in [7, 11) is 1.96. The number of aryl methyl sites for hydroxylation is 1. The number of nitrogens with one attached hydrogen (secondary N) is 2. The van der Waals surface area contributed by atoms with Gasteiger partial charge in [0.1, 0.15) is 23.6 Å². The highest BCUT2D eigenvalue weighted by Gasteiger charge is 2.18. The maximum Gasteiger partial charge on any atom is 0.145 e. The van der Waals surface area contributed by atoms with Crippen molar-refractivity contribution in [2.45, 2.75) is 0 Å². The van der Waals surface area contributed by atoms with Crippen molar-refractivity contribution in [1.82, 2.24) is 24.5 Å². The number of rotatable bonds is 3. The molecule has 2 aromatic carbocycles. The van der Waals surface area contributed by atoms with Crippen LogP contribution in [0.4, 0.5) is 11.5 Å². The van der Waals surface area contributed by atoms with Gasteiger partial charge in [-0.05, 0) is 24.3 Å². The Balaban J connectivity index is 1.72. The topological polar surface area (TPSA) is 71.4 Å². The van der Waals surface area contributed by atoms with Crippen molar-refractivity contribution >= 4 is 45.2 Å². The van der Waals surface area contributed by atoms with Crippen LogP contribution in [0.15, 0.2) is 61.1 Å². The van der Waals surface area contributed by atoms with Crippen molar-refractivity contribution in [1.29, 1.82) is 0 Å². The molecule has 0 aliphatic rings. The Morgan fingerprint density at radius 1 is 1.04 bits per heavy atom. The van der Waals surface area contributed by atoms with Gasteiger partial charge in [0, 0.05) is 18.8 Å². The molecule has 5 aromatic rings. The molecule has 2 N–H and O–H groups in total. The van der Waals surface area contributed by atoms with Crippen LogP contribution in [0.2, 0.25) is 5.02 Å². The number of para-hydroxylation sites is 3. The average molecular weight is 375 g/mol. The summed E-state index contributed by atoms with van der Waals surface area (Å²) in [6.45, 7) is 0. The molecule has 5 rings (SSSR count). The predicted molar refractivity (Wildman–Crippen MR) is 108 cm³/mol. The van der Waals surface area contributed by atoms with E-state index in [9.17, 15) is 0 Å². The molecule has 0 radical (unpaired) electrons. The van der Waals surface area contributed by atoms with Gasteiger partial charge in [0.15, 0.2) is 0 Å². The number of fused-ring (bicyclic) bond motifs is 2. The van der Waals surface area contributed by atoms with E-state index in [0.717, 1.165) is 39.1 Å². The zero-order chi connectivity index (χ0) is 18.4. The van der Waals surface area contributed by atoms with Crippen molar-refractivity contribution in [2.24, 2.45) is 7.05 Å². The summed E-state index contributed by atoms with van der Waals surface area (Å²) < 4.78 is 1.97. The highest BCUT2D eigenvalue weighted by Crippen LogP contribution is 2.35. The first kappa shape index (κ1) is 15.8. The van der Waals surface area contributed by atoms with Gasteiger partial charge in [0.05, 0.1) is 27.1 Å². The van der Waals surface area contributed by atoms with Gasteiger partial charge in [-0.15, -0.1) is 0 Å². The average Bonchev–Trinajstić information content (AvgIpc) is 3.25. The number of nitrogens with zero attached hydrogens (tertiary/aromatic N) is 4. The molecule has 7 heteroatoms. The molecule has 0 unspecified atom stereocenters. The van der Waals surface area contributed by atoms with Crippen LogP contribution >= 0.6 is 11.6 Å². The fourth-order valence-corrected chi connectivity index (χ4v) is 3.44. The van der Waals surface area contributed by atoms with Crippen molar-refractivity contribution in [3.8, 4) is 11.4 Å². The second-order valence-corrected chi connectivity index (χ2v) is 6.69. The summed E-state index contributed by atoms with van der Waals surface area (Å²) in [5, 5.41) is 4.85. The number of imidazole rings is 1. The maximum absolute atomic E-state index is 6.31. The SMILES string of the molecule is Cn1cc(-c2nc3ccccc3[nH]2)c2c(Nc3ccccc3Cl)ncnc21. The van der Waals surface area contributed by atoms with E-state index < -0.39 is 0 Å². The van der Waals surface area contributed by atoms with E-state index in [0.29, 0.717) is 10.8 Å². The molecule has 0 saturated carbocycles. The van der Waals surface area contributed by atoms with Gasteiger partial charge in [-0.2, -0.15) is 0 Å². The van der Waals surface area contributed by atoms with Gasteiger partial charge in [0.2, 0.25) is 0 Å². The Kier molecular flexibility index (Phi) is 3.58. The number of hydrogen-bond acceptors (Lipinski definition) is 4. The van der Waals surface area contributed by atoms with Crippen LogP contribution in [0.1, 0.15) is 0 Å². The Morgan fingerprint density at radius 2 is 1.85 bits per heavy atom. The molecule has 132 valence electrons. The molecule has 3 heterocycles. The molecule has 0 spiro atoms. The van der Waals surface area contributed by atoms with Crippen molar-refractivity contribution in [3.05, 3.63) is 66.1 Å². The van der Waals surface area contributed by atoms with Crippen LogP contribution in [0.25, 0.3) is 33.5 Å². The van der Waals surface area contributed by atoms with E-state index in [4.69, 9.17) is 16.6 Å². The van der Waals surface area contributed by atoms with E-state index in [2.05, 4.69) is 20.3 Å². The van der Waals surface area contributed by atoms with Crippen LogP contribution in [0.3, 0.4) is 0 Å². The van der Waals surface area contributed by atoms with Crippen LogP contribution in [0, 0.1) is 0 Å². The molecular weight excluding hydrogens is 360 g/mol. The largest absolute Gasteiger partial charge is 0.338 e. The van der Waals surface area contributed by atoms with Gasteiger partial charge in [0.25, 0.3) is 0 Å². The first-order valence-corrected chi connectivity index (χ1v) is 8.85. The fourth-order valence-electron chi connectivity index (χ4n) is 3.26. The Labute approximate surface area is 159 Å². The monoisotopic (exact) mass is 374 g/mol. The Morgan fingerprint density at radius 3 is 2.70 bits per heavy atom. The lowest BCUT2D eigenvalue weighted by Crippen LogP contribution is -1.97. The number of anilines is 2. The summed E-state index contributed by atoms with van der Waals surface area (Å²) in [4.78, 5) is 17.0. The van der Waals surface area contributed by atoms with Crippen molar-refractivity contribution < 1.29 is 0 Å². The molecule has 0 fully saturated rings. The fraction of sp³-hybridized carbons (Fsp3) is 0.0500. The van der Waals surface area contributed by atoms with Gasteiger partial charge in [-0.25, -0.2) is 15.0 Å². The van der Waals surface area contributed by atoms with Crippen LogP contribution in [-0.4, -0.2) is 24.5 Å². The standard InChI is InChI=1S/C20H15ClN6/c1-27-10-12(18-25-15-8-4-5-9-16(15)26-18)17-19(22-11-23-20(17)27)24-14-7-3-2-6-13(14)21/h2-11H,1H3,(H,25,26)(H,22,23,24). The van der Waals surface area contributed by atoms with E-state index in [1.165, 1.54) is 0 Å². The third kappa shape index (κ3) is 2.62. The van der Waals surface area contributed by atoms with Crippen LogP contribution in [0.5, 0.6) is 0 Å². The lowest BCUT2D eigenvalue weighted by atomic mass is 10.2. The molecule has 6 nitrogen and oxygen atoms in total. The number of halogens is 1. The van der Waals surface area contributed by atoms with Crippen molar-refractivity contribution in [2.75, 3.05) is 5.32 Å². The summed E-state index contributed by atoms with van der Waals surface area (Å²) in [6, 6.07) is 15.5. The minimum atomic E-state index is 0.630. The zero-order valence-electron chi connectivity index (χ0n) is 14.4. The number of H-pyrrole nitrogens is 1. The summed E-state index contributed by atoms with van der Waals surface area (Å²) >= 11 is 6.31. The third-order valence-corrected chi connectivity index (χ3v) is 4.85. The minimum Gasteiger partial charge on any atom is -0.338 e. The molecule has 0 aliphatic carbocycles. The van der Waals surface area contributed by atoms with Crippen LogP contribution in [-0.2, 0) is 7.05 Å².